The van der Waals surface area contributed by atoms with Crippen molar-refractivity contribution < 1.29 is 34.4 Å². The standard InChI is InChI=1S/C25H21FNSSi.C13H24O2.Ir/c1-15-13-17(14-16-7-5-6-8-18(15)16)23-25-20(11-12-27-23)19-9-10-21(29(2,3)4)22(26)24(19)28-25;1-5-10(6-2)12(14)9-13(15)11(7-3)8-4;/h5-13H,1-4H3;9-11,14H,5-8H2,1-4H3;/q-1;;/b;12-9-;. The molecule has 0 saturated heterocycles. The number of halogens is 1. The van der Waals surface area contributed by atoms with Crippen molar-refractivity contribution in [3.05, 3.63) is 84.0 Å². The fraction of sp³-hybridized carbons (Fsp3) is 0.368. The first kappa shape index (κ1) is 36.8. The molecule has 0 saturated carbocycles. The van der Waals surface area contributed by atoms with Crippen LogP contribution in [0.25, 0.3) is 42.2 Å². The van der Waals surface area contributed by atoms with Crippen LogP contribution in [0.15, 0.2) is 66.6 Å². The van der Waals surface area contributed by atoms with Crippen LogP contribution in [0.3, 0.4) is 0 Å². The first-order chi connectivity index (χ1) is 20.9. The maximum atomic E-state index is 15.4. The zero-order chi connectivity index (χ0) is 32.2. The predicted molar refractivity (Wildman–Crippen MR) is 190 cm³/mol. The van der Waals surface area contributed by atoms with E-state index in [-0.39, 0.29) is 49.3 Å². The van der Waals surface area contributed by atoms with Crippen LogP contribution in [-0.2, 0) is 24.9 Å². The molecule has 241 valence electrons. The Hall–Kier alpha value is -2.70. The maximum absolute atomic E-state index is 15.4. The second-order valence-electron chi connectivity index (χ2n) is 12.6. The minimum atomic E-state index is -1.75. The summed E-state index contributed by atoms with van der Waals surface area (Å²) < 4.78 is 17.2. The number of aryl methyl sites for hydroxylation is 1. The Balaban J connectivity index is 0.000000297. The second-order valence-corrected chi connectivity index (χ2v) is 18.7. The largest absolute Gasteiger partial charge is 0.512 e. The summed E-state index contributed by atoms with van der Waals surface area (Å²) in [5.41, 5.74) is 3.04. The summed E-state index contributed by atoms with van der Waals surface area (Å²) in [7, 11) is -1.75. The van der Waals surface area contributed by atoms with Crippen molar-refractivity contribution in [2.24, 2.45) is 11.8 Å². The Morgan fingerprint density at radius 1 is 0.933 bits per heavy atom. The first-order valence-corrected chi connectivity index (χ1v) is 20.1. The molecule has 0 aliphatic heterocycles. The van der Waals surface area contributed by atoms with E-state index in [2.05, 4.69) is 61.9 Å². The van der Waals surface area contributed by atoms with E-state index in [1.165, 1.54) is 28.4 Å². The van der Waals surface area contributed by atoms with Crippen LogP contribution in [0.4, 0.5) is 4.39 Å². The number of fused-ring (bicyclic) bond motifs is 4. The Morgan fingerprint density at radius 2 is 1.56 bits per heavy atom. The van der Waals surface area contributed by atoms with Crippen molar-refractivity contribution >= 4 is 61.3 Å². The summed E-state index contributed by atoms with van der Waals surface area (Å²) in [6, 6.07) is 20.0. The van der Waals surface area contributed by atoms with Gasteiger partial charge in [0.15, 0.2) is 5.78 Å². The summed E-state index contributed by atoms with van der Waals surface area (Å²) in [5.74, 6) is 0.499. The monoisotopic (exact) mass is 819 g/mol. The van der Waals surface area contributed by atoms with E-state index in [9.17, 15) is 9.90 Å². The molecule has 0 atom stereocenters. The molecule has 0 spiro atoms. The fourth-order valence-electron chi connectivity index (χ4n) is 5.82. The van der Waals surface area contributed by atoms with Gasteiger partial charge in [-0.3, -0.25) is 9.78 Å². The molecule has 7 heteroatoms. The Labute approximate surface area is 286 Å². The van der Waals surface area contributed by atoms with E-state index in [1.807, 2.05) is 58.2 Å². The van der Waals surface area contributed by atoms with Gasteiger partial charge in [0.2, 0.25) is 0 Å². The SMILES string of the molecule is CCC(CC)C(=O)/C=C(\O)C(CC)CC.Cc1cc(-c2nccc3c2sc2c(F)c([Si](C)(C)C)ccc23)[c-]c2ccccc12.[Ir]. The first-order valence-electron chi connectivity index (χ1n) is 15.8. The minimum Gasteiger partial charge on any atom is -0.512 e. The number of hydrogen-bond donors (Lipinski definition) is 1. The number of carbonyl (C=O) groups excluding carboxylic acids is 1. The van der Waals surface area contributed by atoms with Gasteiger partial charge in [-0.1, -0.05) is 95.5 Å². The van der Waals surface area contributed by atoms with Crippen LogP contribution >= 0.6 is 11.3 Å². The smallest absolute Gasteiger partial charge is 0.162 e. The predicted octanol–water partition coefficient (Wildman–Crippen LogP) is 10.9. The number of aliphatic hydroxyl groups is 1. The van der Waals surface area contributed by atoms with Crippen molar-refractivity contribution in [1.82, 2.24) is 4.98 Å². The molecular weight excluding hydrogens is 774 g/mol. The van der Waals surface area contributed by atoms with Crippen molar-refractivity contribution in [1.29, 1.82) is 0 Å². The number of ketones is 1. The van der Waals surface area contributed by atoms with Crippen LogP contribution < -0.4 is 5.19 Å². The molecule has 0 unspecified atom stereocenters. The van der Waals surface area contributed by atoms with E-state index < -0.39 is 8.07 Å². The summed E-state index contributed by atoms with van der Waals surface area (Å²) in [6.45, 7) is 16.7. The average Bonchev–Trinajstić information content (AvgIpc) is 3.38. The molecule has 0 aliphatic carbocycles. The zero-order valence-electron chi connectivity index (χ0n) is 27.7. The van der Waals surface area contributed by atoms with Crippen molar-refractivity contribution in [3.8, 4) is 11.3 Å². The molecule has 3 aromatic carbocycles. The zero-order valence-corrected chi connectivity index (χ0v) is 31.9. The number of benzene rings is 3. The number of carbonyl (C=O) groups is 1. The molecular formula is C38H45FIrNO2SSi-. The van der Waals surface area contributed by atoms with E-state index in [4.69, 9.17) is 0 Å². The van der Waals surface area contributed by atoms with Gasteiger partial charge in [-0.2, -0.15) is 0 Å². The van der Waals surface area contributed by atoms with Crippen LogP contribution in [-0.4, -0.2) is 23.9 Å². The van der Waals surface area contributed by atoms with Crippen LogP contribution in [0.2, 0.25) is 19.6 Å². The summed E-state index contributed by atoms with van der Waals surface area (Å²) >= 11 is 1.52. The molecule has 2 heterocycles. The molecule has 0 fully saturated rings. The van der Waals surface area contributed by atoms with Crippen LogP contribution in [0.5, 0.6) is 0 Å². The van der Waals surface area contributed by atoms with Gasteiger partial charge in [-0.05, 0) is 42.3 Å². The molecule has 1 radical (unpaired) electrons. The third kappa shape index (κ3) is 8.00. The third-order valence-corrected chi connectivity index (χ3v) is 11.8. The van der Waals surface area contributed by atoms with Gasteiger partial charge in [-0.15, -0.1) is 40.5 Å². The number of hydrogen-bond acceptors (Lipinski definition) is 4. The number of rotatable bonds is 9. The van der Waals surface area contributed by atoms with Gasteiger partial charge in [-0.25, -0.2) is 4.39 Å². The van der Waals surface area contributed by atoms with E-state index in [1.54, 1.807) is 0 Å². The minimum absolute atomic E-state index is 0. The number of aromatic nitrogens is 1. The van der Waals surface area contributed by atoms with Gasteiger partial charge in [0.1, 0.15) is 5.82 Å². The summed E-state index contributed by atoms with van der Waals surface area (Å²) in [4.78, 5) is 16.4. The van der Waals surface area contributed by atoms with Gasteiger partial charge in [0.05, 0.1) is 18.5 Å². The normalized spacial score (nSPS) is 12.1. The Bertz CT molecular complexity index is 1820. The van der Waals surface area contributed by atoms with Crippen molar-refractivity contribution in [3.63, 3.8) is 0 Å². The number of allylic oxidation sites excluding steroid dienone is 2. The molecule has 1 N–H and O–H groups in total. The molecule has 5 rings (SSSR count). The number of thiophene rings is 1. The van der Waals surface area contributed by atoms with Crippen molar-refractivity contribution in [2.75, 3.05) is 0 Å². The number of pyridine rings is 1. The summed E-state index contributed by atoms with van der Waals surface area (Å²) in [5, 5.41) is 15.0. The molecule has 0 amide bonds. The molecule has 45 heavy (non-hydrogen) atoms. The van der Waals surface area contributed by atoms with Gasteiger partial charge >= 0.3 is 0 Å². The van der Waals surface area contributed by atoms with E-state index in [0.717, 1.165) is 67.7 Å². The molecule has 2 aromatic heterocycles. The van der Waals surface area contributed by atoms with Gasteiger partial charge in [0, 0.05) is 60.0 Å². The molecule has 3 nitrogen and oxygen atoms in total. The second kappa shape index (κ2) is 15.7. The molecule has 0 aliphatic rings. The third-order valence-electron chi connectivity index (χ3n) is 8.62. The van der Waals surface area contributed by atoms with Gasteiger partial charge < -0.3 is 5.11 Å². The average molecular weight is 819 g/mol. The topological polar surface area (TPSA) is 50.2 Å². The van der Waals surface area contributed by atoms with Gasteiger partial charge in [0.25, 0.3) is 0 Å². The fourth-order valence-corrected chi connectivity index (χ4v) is 8.52. The van der Waals surface area contributed by atoms with E-state index in [0.29, 0.717) is 0 Å². The van der Waals surface area contributed by atoms with Crippen LogP contribution in [0.1, 0.15) is 58.9 Å². The number of nitrogens with zero attached hydrogens (tertiary/aromatic N) is 1. The van der Waals surface area contributed by atoms with Crippen LogP contribution in [0, 0.1) is 30.6 Å². The number of aliphatic hydroxyl groups excluding tert-OH is 1. The molecule has 5 aromatic rings. The molecule has 0 bridgehead atoms. The maximum Gasteiger partial charge on any atom is 0.162 e. The Morgan fingerprint density at radius 3 is 2.18 bits per heavy atom. The Kier molecular flexibility index (Phi) is 12.8. The quantitative estimate of drug-likeness (QED) is 0.0698. The van der Waals surface area contributed by atoms with Crippen molar-refractivity contribution in [2.45, 2.75) is 79.9 Å². The van der Waals surface area contributed by atoms with E-state index >= 15 is 4.39 Å². The summed E-state index contributed by atoms with van der Waals surface area (Å²) in [6.07, 6.45) is 6.73.